The van der Waals surface area contributed by atoms with Crippen LogP contribution in [0, 0.1) is 0 Å². The molecule has 1 aliphatic heterocycles. The van der Waals surface area contributed by atoms with Crippen LogP contribution in [0.2, 0.25) is 0 Å². The van der Waals surface area contributed by atoms with E-state index in [2.05, 4.69) is 4.99 Å². The van der Waals surface area contributed by atoms with Crippen LogP contribution in [-0.2, 0) is 4.79 Å². The summed E-state index contributed by atoms with van der Waals surface area (Å²) >= 11 is 1.27. The molecule has 0 saturated carbocycles. The fourth-order valence-electron chi connectivity index (χ4n) is 2.72. The number of carboxylic acids is 1. The second-order valence-corrected chi connectivity index (χ2v) is 6.89. The number of aromatic carboxylic acids is 1. The second-order valence-electron chi connectivity index (χ2n) is 5.88. The first kappa shape index (κ1) is 19.7. The van der Waals surface area contributed by atoms with Crippen molar-refractivity contribution >= 4 is 40.6 Å². The topological polar surface area (TPSA) is 79.2 Å². The average Bonchev–Trinajstić information content (AvgIpc) is 2.98. The molecule has 0 atom stereocenters. The van der Waals surface area contributed by atoms with Gasteiger partial charge in [0.15, 0.2) is 5.17 Å². The number of hydrogen-bond acceptors (Lipinski definition) is 5. The van der Waals surface area contributed by atoms with Gasteiger partial charge in [0, 0.05) is 12.1 Å². The maximum atomic E-state index is 12.8. The second kappa shape index (κ2) is 8.75. The molecule has 6 nitrogen and oxygen atoms in total. The maximum absolute atomic E-state index is 12.8. The van der Waals surface area contributed by atoms with E-state index in [1.54, 1.807) is 23.1 Å². The monoisotopic (exact) mass is 396 g/mol. The van der Waals surface area contributed by atoms with E-state index in [1.165, 1.54) is 23.9 Å². The Morgan fingerprint density at radius 1 is 1.21 bits per heavy atom. The summed E-state index contributed by atoms with van der Waals surface area (Å²) in [5, 5.41) is 9.67. The van der Waals surface area contributed by atoms with Crippen molar-refractivity contribution in [1.82, 2.24) is 4.90 Å². The van der Waals surface area contributed by atoms with Crippen molar-refractivity contribution in [2.45, 2.75) is 13.8 Å². The van der Waals surface area contributed by atoms with Crippen LogP contribution in [0.3, 0.4) is 0 Å². The van der Waals surface area contributed by atoms with Crippen LogP contribution in [-0.4, -0.2) is 40.2 Å². The number of rotatable bonds is 6. The standard InChI is InChI=1S/C21H20N2O4S/c1-3-23-19(24)18(13-14-8-5-6-11-17(14)27-4-2)28-21(23)22-16-10-7-9-15(12-16)20(25)26/h5-13H,3-4H2,1-2H3,(H,25,26)/b18-13+,22-21?. The molecule has 1 amide bonds. The Bertz CT molecular complexity index is 968. The molecule has 28 heavy (non-hydrogen) atoms. The molecule has 0 unspecified atom stereocenters. The van der Waals surface area contributed by atoms with Gasteiger partial charge in [0.05, 0.1) is 22.8 Å². The third kappa shape index (κ3) is 4.26. The van der Waals surface area contributed by atoms with Gasteiger partial charge in [0.2, 0.25) is 0 Å². The SMILES string of the molecule is CCOc1ccccc1/C=C1/SC(=Nc2cccc(C(=O)O)c2)N(CC)C1=O. The van der Waals surface area contributed by atoms with Gasteiger partial charge in [-0.3, -0.25) is 9.69 Å². The molecule has 2 aromatic rings. The molecule has 1 fully saturated rings. The van der Waals surface area contributed by atoms with Gasteiger partial charge in [-0.1, -0.05) is 24.3 Å². The molecule has 1 N–H and O–H groups in total. The highest BCUT2D eigenvalue weighted by molar-refractivity contribution is 8.18. The lowest BCUT2D eigenvalue weighted by Crippen LogP contribution is -2.28. The molecule has 0 radical (unpaired) electrons. The van der Waals surface area contributed by atoms with Gasteiger partial charge >= 0.3 is 5.97 Å². The fourth-order valence-corrected chi connectivity index (χ4v) is 3.77. The summed E-state index contributed by atoms with van der Waals surface area (Å²) in [6.45, 7) is 4.79. The highest BCUT2D eigenvalue weighted by Crippen LogP contribution is 2.35. The Morgan fingerprint density at radius 3 is 2.71 bits per heavy atom. The van der Waals surface area contributed by atoms with Gasteiger partial charge in [0.25, 0.3) is 5.91 Å². The molecule has 7 heteroatoms. The third-order valence-corrected chi connectivity index (χ3v) is 5.03. The van der Waals surface area contributed by atoms with Crippen LogP contribution >= 0.6 is 11.8 Å². The van der Waals surface area contributed by atoms with E-state index >= 15 is 0 Å². The van der Waals surface area contributed by atoms with E-state index in [-0.39, 0.29) is 11.5 Å². The van der Waals surface area contributed by atoms with E-state index in [0.29, 0.717) is 34.7 Å². The van der Waals surface area contributed by atoms with E-state index in [0.717, 1.165) is 5.56 Å². The summed E-state index contributed by atoms with van der Waals surface area (Å²) in [4.78, 5) is 30.6. The van der Waals surface area contributed by atoms with Crippen molar-refractivity contribution in [2.75, 3.05) is 13.2 Å². The number of para-hydroxylation sites is 1. The minimum absolute atomic E-state index is 0.132. The summed E-state index contributed by atoms with van der Waals surface area (Å²) in [5.74, 6) is -0.432. The number of benzene rings is 2. The molecule has 1 aliphatic rings. The van der Waals surface area contributed by atoms with Crippen LogP contribution in [0.25, 0.3) is 6.08 Å². The Labute approximate surface area is 167 Å². The number of carbonyl (C=O) groups is 2. The van der Waals surface area contributed by atoms with Crippen molar-refractivity contribution in [3.05, 3.63) is 64.6 Å². The van der Waals surface area contributed by atoms with Crippen molar-refractivity contribution in [2.24, 2.45) is 4.99 Å². The number of carbonyl (C=O) groups excluding carboxylic acids is 1. The number of thioether (sulfide) groups is 1. The van der Waals surface area contributed by atoms with Gasteiger partial charge in [-0.15, -0.1) is 0 Å². The normalized spacial score (nSPS) is 16.8. The number of likely N-dealkylation sites (N-methyl/N-ethyl adjacent to an activating group) is 1. The molecule has 0 aliphatic carbocycles. The molecule has 1 saturated heterocycles. The number of amides is 1. The molecule has 2 aromatic carbocycles. The largest absolute Gasteiger partial charge is 0.493 e. The molecule has 0 aromatic heterocycles. The number of amidine groups is 1. The van der Waals surface area contributed by atoms with Crippen LogP contribution in [0.4, 0.5) is 5.69 Å². The molecule has 0 spiro atoms. The van der Waals surface area contributed by atoms with Crippen LogP contribution in [0.5, 0.6) is 5.75 Å². The number of nitrogens with zero attached hydrogens (tertiary/aromatic N) is 2. The first-order valence-electron chi connectivity index (χ1n) is 8.88. The fraction of sp³-hybridized carbons (Fsp3) is 0.190. The van der Waals surface area contributed by atoms with Crippen LogP contribution in [0.15, 0.2) is 58.4 Å². The highest BCUT2D eigenvalue weighted by atomic mass is 32.2. The number of aliphatic imine (C=N–C) groups is 1. The minimum atomic E-state index is -1.02. The van der Waals surface area contributed by atoms with Crippen LogP contribution < -0.4 is 4.74 Å². The Kier molecular flexibility index (Phi) is 6.16. The predicted molar refractivity (Wildman–Crippen MR) is 111 cm³/mol. The zero-order valence-electron chi connectivity index (χ0n) is 15.6. The average molecular weight is 396 g/mol. The molecule has 0 bridgehead atoms. The lowest BCUT2D eigenvalue weighted by atomic mass is 10.2. The van der Waals surface area contributed by atoms with Gasteiger partial charge < -0.3 is 9.84 Å². The van der Waals surface area contributed by atoms with Gasteiger partial charge in [0.1, 0.15) is 5.75 Å². The first-order chi connectivity index (χ1) is 13.5. The van der Waals surface area contributed by atoms with Gasteiger partial charge in [-0.05, 0) is 56.0 Å². The number of hydrogen-bond donors (Lipinski definition) is 1. The van der Waals surface area contributed by atoms with Crippen molar-refractivity contribution < 1.29 is 19.4 Å². The van der Waals surface area contributed by atoms with Crippen molar-refractivity contribution in [1.29, 1.82) is 0 Å². The summed E-state index contributed by atoms with van der Waals surface area (Å²) in [6.07, 6.45) is 1.80. The number of ether oxygens (including phenoxy) is 1. The quantitative estimate of drug-likeness (QED) is 0.732. The minimum Gasteiger partial charge on any atom is -0.493 e. The molecular weight excluding hydrogens is 376 g/mol. The van der Waals surface area contributed by atoms with Crippen molar-refractivity contribution in [3.8, 4) is 5.75 Å². The lowest BCUT2D eigenvalue weighted by molar-refractivity contribution is -0.122. The Hall–Kier alpha value is -3.06. The van der Waals surface area contributed by atoms with Crippen molar-refractivity contribution in [3.63, 3.8) is 0 Å². The van der Waals surface area contributed by atoms with Gasteiger partial charge in [-0.2, -0.15) is 0 Å². The summed E-state index contributed by atoms with van der Waals surface area (Å²) in [5.41, 5.74) is 1.47. The smallest absolute Gasteiger partial charge is 0.335 e. The summed E-state index contributed by atoms with van der Waals surface area (Å²) < 4.78 is 5.63. The molecule has 3 rings (SSSR count). The van der Waals surface area contributed by atoms with E-state index in [1.807, 2.05) is 38.1 Å². The number of carboxylic acid groups (broad SMARTS) is 1. The molecular formula is C21H20N2O4S. The van der Waals surface area contributed by atoms with Crippen LogP contribution in [0.1, 0.15) is 29.8 Å². The van der Waals surface area contributed by atoms with E-state index in [4.69, 9.17) is 9.84 Å². The molecule has 1 heterocycles. The van der Waals surface area contributed by atoms with Gasteiger partial charge in [-0.25, -0.2) is 9.79 Å². The molecule has 144 valence electrons. The lowest BCUT2D eigenvalue weighted by Gasteiger charge is -2.12. The van der Waals surface area contributed by atoms with E-state index < -0.39 is 5.97 Å². The Morgan fingerprint density at radius 2 is 2.00 bits per heavy atom. The predicted octanol–water partition coefficient (Wildman–Crippen LogP) is 4.41. The summed E-state index contributed by atoms with van der Waals surface area (Å²) in [7, 11) is 0. The van der Waals surface area contributed by atoms with E-state index in [9.17, 15) is 9.59 Å². The zero-order chi connectivity index (χ0) is 20.1. The maximum Gasteiger partial charge on any atom is 0.335 e. The Balaban J connectivity index is 1.95. The third-order valence-electron chi connectivity index (χ3n) is 4.03. The summed E-state index contributed by atoms with van der Waals surface area (Å²) in [6, 6.07) is 13.9. The zero-order valence-corrected chi connectivity index (χ0v) is 16.4. The highest BCUT2D eigenvalue weighted by Gasteiger charge is 2.32. The first-order valence-corrected chi connectivity index (χ1v) is 9.70.